The van der Waals surface area contributed by atoms with E-state index < -0.39 is 6.36 Å². The van der Waals surface area contributed by atoms with Gasteiger partial charge in [0.05, 0.1) is 5.69 Å². The topological polar surface area (TPSA) is 29.5 Å². The van der Waals surface area contributed by atoms with Crippen molar-refractivity contribution in [3.05, 3.63) is 24.3 Å². The predicted molar refractivity (Wildman–Crippen MR) is 54.7 cm³/mol. The summed E-state index contributed by atoms with van der Waals surface area (Å²) in [6.07, 6.45) is -3.74. The highest BCUT2D eigenvalue weighted by molar-refractivity contribution is 5.96. The van der Waals surface area contributed by atoms with E-state index in [-0.39, 0.29) is 17.3 Å². The van der Waals surface area contributed by atoms with Crippen LogP contribution in [0, 0.1) is 0 Å². The molecule has 0 saturated carbocycles. The van der Waals surface area contributed by atoms with E-state index in [0.29, 0.717) is 19.4 Å². The fourth-order valence-electron chi connectivity index (χ4n) is 1.79. The second-order valence-corrected chi connectivity index (χ2v) is 3.66. The minimum atomic E-state index is -4.75. The quantitative estimate of drug-likeness (QED) is 0.801. The molecule has 3 nitrogen and oxygen atoms in total. The van der Waals surface area contributed by atoms with E-state index in [1.54, 1.807) is 6.07 Å². The molecule has 1 fully saturated rings. The third-order valence-electron chi connectivity index (χ3n) is 2.46. The van der Waals surface area contributed by atoms with Gasteiger partial charge in [0.15, 0.2) is 5.75 Å². The zero-order valence-electron chi connectivity index (χ0n) is 8.83. The molecule has 0 bridgehead atoms. The molecule has 1 aromatic rings. The molecule has 17 heavy (non-hydrogen) atoms. The highest BCUT2D eigenvalue weighted by Crippen LogP contribution is 2.34. The van der Waals surface area contributed by atoms with E-state index in [1.807, 2.05) is 0 Å². The summed E-state index contributed by atoms with van der Waals surface area (Å²) in [5, 5.41) is 0. The Hall–Kier alpha value is -1.72. The molecule has 1 heterocycles. The number of halogens is 3. The maximum Gasteiger partial charge on any atom is 0.573 e. The zero-order chi connectivity index (χ0) is 12.5. The van der Waals surface area contributed by atoms with Crippen molar-refractivity contribution in [2.24, 2.45) is 0 Å². The summed E-state index contributed by atoms with van der Waals surface area (Å²) >= 11 is 0. The average molecular weight is 245 g/mol. The van der Waals surface area contributed by atoms with Gasteiger partial charge in [0.2, 0.25) is 5.91 Å². The SMILES string of the molecule is O=C1CCCN1c1ccccc1OC(F)(F)F. The number of alkyl halides is 3. The number of benzene rings is 1. The van der Waals surface area contributed by atoms with Gasteiger partial charge in [-0.15, -0.1) is 13.2 Å². The molecule has 0 aliphatic carbocycles. The summed E-state index contributed by atoms with van der Waals surface area (Å²) in [7, 11) is 0. The fraction of sp³-hybridized carbons (Fsp3) is 0.364. The number of nitrogens with zero attached hydrogens (tertiary/aromatic N) is 1. The molecule has 0 atom stereocenters. The molecule has 1 saturated heterocycles. The van der Waals surface area contributed by atoms with Gasteiger partial charge in [0, 0.05) is 13.0 Å². The van der Waals surface area contributed by atoms with Crippen LogP contribution in [0.3, 0.4) is 0 Å². The van der Waals surface area contributed by atoms with Gasteiger partial charge in [-0.3, -0.25) is 4.79 Å². The van der Waals surface area contributed by atoms with Crippen LogP contribution >= 0.6 is 0 Å². The van der Waals surface area contributed by atoms with Gasteiger partial charge in [-0.1, -0.05) is 12.1 Å². The summed E-state index contributed by atoms with van der Waals surface area (Å²) in [6.45, 7) is 0.428. The first-order chi connectivity index (χ1) is 7.97. The van der Waals surface area contributed by atoms with Crippen molar-refractivity contribution < 1.29 is 22.7 Å². The molecule has 0 spiro atoms. The Labute approximate surface area is 95.8 Å². The Balaban J connectivity index is 2.30. The summed E-state index contributed by atoms with van der Waals surface area (Å²) in [6, 6.07) is 5.66. The number of carbonyl (C=O) groups is 1. The van der Waals surface area contributed by atoms with E-state index in [1.165, 1.54) is 23.1 Å². The van der Waals surface area contributed by atoms with Crippen molar-refractivity contribution in [1.82, 2.24) is 0 Å². The minimum absolute atomic E-state index is 0.173. The first kappa shape index (κ1) is 11.8. The van der Waals surface area contributed by atoms with E-state index >= 15 is 0 Å². The van der Waals surface area contributed by atoms with Crippen LogP contribution in [0.5, 0.6) is 5.75 Å². The molecule has 1 aliphatic rings. The Morgan fingerprint density at radius 2 is 1.94 bits per heavy atom. The van der Waals surface area contributed by atoms with Gasteiger partial charge < -0.3 is 9.64 Å². The molecular weight excluding hydrogens is 235 g/mol. The second kappa shape index (κ2) is 4.27. The first-order valence-corrected chi connectivity index (χ1v) is 5.12. The van der Waals surface area contributed by atoms with Crippen LogP contribution in [-0.4, -0.2) is 18.8 Å². The van der Waals surface area contributed by atoms with Crippen molar-refractivity contribution in [2.45, 2.75) is 19.2 Å². The number of ether oxygens (including phenoxy) is 1. The lowest BCUT2D eigenvalue weighted by molar-refractivity contribution is -0.274. The molecule has 1 aliphatic heterocycles. The van der Waals surface area contributed by atoms with Crippen LogP contribution in [0.4, 0.5) is 18.9 Å². The lowest BCUT2D eigenvalue weighted by Crippen LogP contribution is -2.26. The van der Waals surface area contributed by atoms with Crippen molar-refractivity contribution in [3.8, 4) is 5.75 Å². The molecule has 0 aromatic heterocycles. The molecule has 0 N–H and O–H groups in total. The highest BCUT2D eigenvalue weighted by Gasteiger charge is 2.34. The molecule has 92 valence electrons. The molecule has 1 aromatic carbocycles. The smallest absolute Gasteiger partial charge is 0.404 e. The summed E-state index contributed by atoms with van der Waals surface area (Å²) in [4.78, 5) is 12.8. The van der Waals surface area contributed by atoms with Crippen molar-refractivity contribution in [3.63, 3.8) is 0 Å². The maximum absolute atomic E-state index is 12.2. The maximum atomic E-state index is 12.2. The lowest BCUT2D eigenvalue weighted by atomic mass is 10.2. The molecule has 0 radical (unpaired) electrons. The van der Waals surface area contributed by atoms with Gasteiger partial charge in [-0.25, -0.2) is 0 Å². The van der Waals surface area contributed by atoms with Gasteiger partial charge in [0.25, 0.3) is 0 Å². The van der Waals surface area contributed by atoms with Crippen LogP contribution in [0.25, 0.3) is 0 Å². The van der Waals surface area contributed by atoms with Gasteiger partial charge in [-0.05, 0) is 18.6 Å². The van der Waals surface area contributed by atoms with Gasteiger partial charge in [-0.2, -0.15) is 0 Å². The van der Waals surface area contributed by atoms with E-state index in [9.17, 15) is 18.0 Å². The van der Waals surface area contributed by atoms with Crippen LogP contribution in [-0.2, 0) is 4.79 Å². The molecule has 1 amide bonds. The van der Waals surface area contributed by atoms with Gasteiger partial charge >= 0.3 is 6.36 Å². The molecule has 6 heteroatoms. The van der Waals surface area contributed by atoms with E-state index in [4.69, 9.17) is 0 Å². The third-order valence-corrected chi connectivity index (χ3v) is 2.46. The molecule has 0 unspecified atom stereocenters. The second-order valence-electron chi connectivity index (χ2n) is 3.66. The number of hydrogen-bond donors (Lipinski definition) is 0. The monoisotopic (exact) mass is 245 g/mol. The van der Waals surface area contributed by atoms with Crippen LogP contribution in [0.15, 0.2) is 24.3 Å². The number of rotatable bonds is 2. The highest BCUT2D eigenvalue weighted by atomic mass is 19.4. The number of carbonyl (C=O) groups excluding carboxylic acids is 1. The summed E-state index contributed by atoms with van der Waals surface area (Å²) in [5.41, 5.74) is 0.173. The zero-order valence-corrected chi connectivity index (χ0v) is 8.83. The standard InChI is InChI=1S/C11H10F3NO2/c12-11(13,14)17-9-5-2-1-4-8(9)15-7-3-6-10(15)16/h1-2,4-5H,3,6-7H2. The average Bonchev–Trinajstić information content (AvgIpc) is 2.63. The third kappa shape index (κ3) is 2.69. The summed E-state index contributed by atoms with van der Waals surface area (Å²) in [5.74, 6) is -0.515. The minimum Gasteiger partial charge on any atom is -0.404 e. The first-order valence-electron chi connectivity index (χ1n) is 5.12. The summed E-state index contributed by atoms with van der Waals surface area (Å²) < 4.78 is 40.4. The number of amides is 1. The van der Waals surface area contributed by atoms with Crippen LogP contribution in [0.2, 0.25) is 0 Å². The normalized spacial score (nSPS) is 16.4. The largest absolute Gasteiger partial charge is 0.573 e. The Morgan fingerprint density at radius 1 is 1.24 bits per heavy atom. The van der Waals surface area contributed by atoms with Crippen molar-refractivity contribution in [1.29, 1.82) is 0 Å². The number of hydrogen-bond acceptors (Lipinski definition) is 2. The Morgan fingerprint density at radius 3 is 2.53 bits per heavy atom. The van der Waals surface area contributed by atoms with Crippen LogP contribution in [0.1, 0.15) is 12.8 Å². The number of para-hydroxylation sites is 2. The Kier molecular flexibility index (Phi) is 2.95. The number of anilines is 1. The van der Waals surface area contributed by atoms with E-state index in [0.717, 1.165) is 0 Å². The lowest BCUT2D eigenvalue weighted by Gasteiger charge is -2.20. The molecule has 2 rings (SSSR count). The van der Waals surface area contributed by atoms with Crippen molar-refractivity contribution in [2.75, 3.05) is 11.4 Å². The van der Waals surface area contributed by atoms with Crippen LogP contribution < -0.4 is 9.64 Å². The Bertz CT molecular complexity index is 431. The fourth-order valence-corrected chi connectivity index (χ4v) is 1.79. The molecular formula is C11H10F3NO2. The van der Waals surface area contributed by atoms with E-state index in [2.05, 4.69) is 4.74 Å². The van der Waals surface area contributed by atoms with Gasteiger partial charge in [0.1, 0.15) is 0 Å². The van der Waals surface area contributed by atoms with Crippen molar-refractivity contribution >= 4 is 11.6 Å². The predicted octanol–water partition coefficient (Wildman–Crippen LogP) is 2.71.